The average molecular weight is 181 g/mol. The van der Waals surface area contributed by atoms with E-state index < -0.39 is 23.5 Å². The van der Waals surface area contributed by atoms with Gasteiger partial charge in [-0.25, -0.2) is 4.79 Å². The van der Waals surface area contributed by atoms with Gasteiger partial charge in [-0.1, -0.05) is 0 Å². The Hall–Kier alpha value is -1.71. The van der Waals surface area contributed by atoms with E-state index in [1.807, 2.05) is 0 Å². The minimum Gasteiger partial charge on any atom is -0.503 e. The quantitative estimate of drug-likeness (QED) is 0.358. The van der Waals surface area contributed by atoms with Crippen molar-refractivity contribution in [3.8, 4) is 6.07 Å². The number of alkyl halides is 3. The van der Waals surface area contributed by atoms with Gasteiger partial charge in [-0.05, 0) is 0 Å². The van der Waals surface area contributed by atoms with Gasteiger partial charge in [-0.15, -0.1) is 0 Å². The average Bonchev–Trinajstić information content (AvgIpc) is 1.86. The number of aliphatic hydroxyl groups is 1. The zero-order valence-corrected chi connectivity index (χ0v) is 5.38. The molecule has 12 heavy (non-hydrogen) atoms. The lowest BCUT2D eigenvalue weighted by Crippen LogP contribution is -2.17. The Bertz CT molecular complexity index is 273. The summed E-state index contributed by atoms with van der Waals surface area (Å²) in [5, 5.41) is 24.0. The van der Waals surface area contributed by atoms with Gasteiger partial charge in [0.1, 0.15) is 6.07 Å². The zero-order valence-electron chi connectivity index (χ0n) is 5.38. The van der Waals surface area contributed by atoms with Crippen molar-refractivity contribution in [3.05, 3.63) is 11.3 Å². The molecule has 2 N–H and O–H groups in total. The number of halogens is 3. The van der Waals surface area contributed by atoms with Gasteiger partial charge in [0.25, 0.3) is 0 Å². The maximum Gasteiger partial charge on any atom is 0.450 e. The number of carboxylic acid groups (broad SMARTS) is 1. The van der Waals surface area contributed by atoms with E-state index in [9.17, 15) is 18.0 Å². The van der Waals surface area contributed by atoms with Gasteiger partial charge in [0.05, 0.1) is 0 Å². The number of carboxylic acids is 1. The monoisotopic (exact) mass is 181 g/mol. The molecule has 0 aromatic carbocycles. The highest BCUT2D eigenvalue weighted by molar-refractivity contribution is 5.91. The molecule has 0 saturated carbocycles. The SMILES string of the molecule is N#CC(C(=O)O)=C(O)C(F)(F)F. The molecule has 0 spiro atoms. The fourth-order valence-corrected chi connectivity index (χ4v) is 0.344. The summed E-state index contributed by atoms with van der Waals surface area (Å²) in [6, 6.07) is 0.718. The number of nitriles is 1. The molecule has 66 valence electrons. The van der Waals surface area contributed by atoms with Crippen molar-refractivity contribution in [2.24, 2.45) is 0 Å². The van der Waals surface area contributed by atoms with Crippen molar-refractivity contribution in [3.63, 3.8) is 0 Å². The highest BCUT2D eigenvalue weighted by Gasteiger charge is 2.38. The van der Waals surface area contributed by atoms with Gasteiger partial charge in [-0.3, -0.25) is 0 Å². The summed E-state index contributed by atoms with van der Waals surface area (Å²) in [7, 11) is 0. The number of hydrogen-bond acceptors (Lipinski definition) is 3. The minimum atomic E-state index is -5.20. The molecule has 0 saturated heterocycles. The van der Waals surface area contributed by atoms with Crippen LogP contribution >= 0.6 is 0 Å². The molecule has 0 aromatic rings. The summed E-state index contributed by atoms with van der Waals surface area (Å²) < 4.78 is 34.6. The molecule has 0 heterocycles. The standard InChI is InChI=1S/C5H2F3NO3/c6-5(7,8)3(10)2(1-9)4(11)12/h10H,(H,11,12). The van der Waals surface area contributed by atoms with E-state index in [0.717, 1.165) is 6.07 Å². The molecule has 0 aliphatic rings. The van der Waals surface area contributed by atoms with E-state index in [0.29, 0.717) is 0 Å². The molecule has 0 atom stereocenters. The summed E-state index contributed by atoms with van der Waals surface area (Å²) in [6.07, 6.45) is -5.20. The first-order chi connectivity index (χ1) is 5.30. The van der Waals surface area contributed by atoms with E-state index >= 15 is 0 Å². The number of rotatable bonds is 1. The molecule has 0 aliphatic carbocycles. The Morgan fingerprint density at radius 1 is 1.33 bits per heavy atom. The van der Waals surface area contributed by atoms with Crippen LogP contribution in [-0.4, -0.2) is 22.4 Å². The van der Waals surface area contributed by atoms with Crippen LogP contribution in [0.25, 0.3) is 0 Å². The zero-order chi connectivity index (χ0) is 9.94. The maximum absolute atomic E-state index is 11.5. The summed E-state index contributed by atoms with van der Waals surface area (Å²) in [6.45, 7) is 0. The highest BCUT2D eigenvalue weighted by atomic mass is 19.4. The third-order valence-electron chi connectivity index (χ3n) is 0.831. The first-order valence-corrected chi connectivity index (χ1v) is 2.44. The number of aliphatic carboxylic acids is 1. The molecule has 0 fully saturated rings. The van der Waals surface area contributed by atoms with Crippen molar-refractivity contribution in [1.29, 1.82) is 5.26 Å². The van der Waals surface area contributed by atoms with Gasteiger partial charge in [0.15, 0.2) is 5.57 Å². The highest BCUT2D eigenvalue weighted by Crippen LogP contribution is 2.25. The second-order valence-electron chi connectivity index (χ2n) is 1.64. The van der Waals surface area contributed by atoms with Gasteiger partial charge < -0.3 is 10.2 Å². The lowest BCUT2D eigenvalue weighted by molar-refractivity contribution is -0.137. The predicted octanol–water partition coefficient (Wildman–Crippen LogP) is 0.969. The second kappa shape index (κ2) is 3.13. The smallest absolute Gasteiger partial charge is 0.450 e. The van der Waals surface area contributed by atoms with Crippen LogP contribution in [0.1, 0.15) is 0 Å². The Kier molecular flexibility index (Phi) is 2.68. The molecule has 0 aromatic heterocycles. The van der Waals surface area contributed by atoms with Crippen molar-refractivity contribution in [2.45, 2.75) is 6.18 Å². The molecular weight excluding hydrogens is 179 g/mol. The van der Waals surface area contributed by atoms with Gasteiger partial charge >= 0.3 is 12.1 Å². The Morgan fingerprint density at radius 2 is 1.75 bits per heavy atom. The van der Waals surface area contributed by atoms with Crippen LogP contribution in [0.3, 0.4) is 0 Å². The molecule has 0 rings (SSSR count). The minimum absolute atomic E-state index is 0.718. The van der Waals surface area contributed by atoms with Crippen LogP contribution < -0.4 is 0 Å². The van der Waals surface area contributed by atoms with Crippen LogP contribution in [0.5, 0.6) is 0 Å². The van der Waals surface area contributed by atoms with Crippen LogP contribution in [0.15, 0.2) is 11.3 Å². The molecule has 0 unspecified atom stereocenters. The Balaban J connectivity index is 5.17. The van der Waals surface area contributed by atoms with Gasteiger partial charge in [0.2, 0.25) is 5.76 Å². The Morgan fingerprint density at radius 3 is 1.83 bits per heavy atom. The summed E-state index contributed by atoms with van der Waals surface area (Å²) >= 11 is 0. The van der Waals surface area contributed by atoms with Gasteiger partial charge in [-0.2, -0.15) is 18.4 Å². The van der Waals surface area contributed by atoms with Crippen LogP contribution in [0.4, 0.5) is 13.2 Å². The largest absolute Gasteiger partial charge is 0.503 e. The van der Waals surface area contributed by atoms with Crippen molar-refractivity contribution >= 4 is 5.97 Å². The van der Waals surface area contributed by atoms with Crippen LogP contribution in [-0.2, 0) is 4.79 Å². The number of hydrogen-bond donors (Lipinski definition) is 2. The summed E-state index contributed by atoms with van der Waals surface area (Å²) in [5.41, 5.74) is -1.72. The Labute approximate surface area is 64.1 Å². The fourth-order valence-electron chi connectivity index (χ4n) is 0.344. The van der Waals surface area contributed by atoms with Crippen molar-refractivity contribution in [1.82, 2.24) is 0 Å². The van der Waals surface area contributed by atoms with Crippen molar-refractivity contribution < 1.29 is 28.2 Å². The van der Waals surface area contributed by atoms with E-state index in [-0.39, 0.29) is 0 Å². The normalized spacial score (nSPS) is 13.2. The predicted molar refractivity (Wildman–Crippen MR) is 29.0 cm³/mol. The van der Waals surface area contributed by atoms with E-state index in [2.05, 4.69) is 0 Å². The summed E-state index contributed by atoms with van der Waals surface area (Å²) in [5.74, 6) is -4.51. The molecule has 0 bridgehead atoms. The number of allylic oxidation sites excluding steroid dienone is 1. The first-order valence-electron chi connectivity index (χ1n) is 2.44. The third-order valence-corrected chi connectivity index (χ3v) is 0.831. The second-order valence-corrected chi connectivity index (χ2v) is 1.64. The maximum atomic E-state index is 11.5. The van der Waals surface area contributed by atoms with E-state index in [1.165, 1.54) is 0 Å². The molecule has 4 nitrogen and oxygen atoms in total. The number of nitrogens with zero attached hydrogens (tertiary/aromatic N) is 1. The molecular formula is C5H2F3NO3. The van der Waals surface area contributed by atoms with Crippen molar-refractivity contribution in [2.75, 3.05) is 0 Å². The van der Waals surface area contributed by atoms with E-state index in [4.69, 9.17) is 15.5 Å². The fraction of sp³-hybridized carbons (Fsp3) is 0.200. The first kappa shape index (κ1) is 10.3. The lowest BCUT2D eigenvalue weighted by atomic mass is 10.2. The molecule has 0 radical (unpaired) electrons. The van der Waals surface area contributed by atoms with Crippen LogP contribution in [0.2, 0.25) is 0 Å². The molecule has 0 aliphatic heterocycles. The lowest BCUT2D eigenvalue weighted by Gasteiger charge is -2.04. The summed E-state index contributed by atoms with van der Waals surface area (Å²) in [4.78, 5) is 9.88. The topological polar surface area (TPSA) is 81.3 Å². The third kappa shape index (κ3) is 2.16. The number of aliphatic hydroxyl groups excluding tert-OH is 1. The van der Waals surface area contributed by atoms with Gasteiger partial charge in [0, 0.05) is 0 Å². The van der Waals surface area contributed by atoms with E-state index in [1.54, 1.807) is 0 Å². The molecule has 7 heteroatoms. The number of carbonyl (C=O) groups is 1. The van der Waals surface area contributed by atoms with Crippen LogP contribution in [0, 0.1) is 11.3 Å². The molecule has 0 amide bonds.